The van der Waals surface area contributed by atoms with Crippen LogP contribution in [0.4, 0.5) is 0 Å². The Morgan fingerprint density at radius 2 is 1.80 bits per heavy atom. The molecule has 4 N–H and O–H groups in total. The first kappa shape index (κ1) is 13.5. The van der Waals surface area contributed by atoms with Crippen molar-refractivity contribution in [3.63, 3.8) is 0 Å². The molecule has 0 bridgehead atoms. The van der Waals surface area contributed by atoms with Crippen LogP contribution in [0.15, 0.2) is 53.5 Å². The Morgan fingerprint density at radius 1 is 1.10 bits per heavy atom. The fourth-order valence-electron chi connectivity index (χ4n) is 1.77. The van der Waals surface area contributed by atoms with Gasteiger partial charge in [0, 0.05) is 6.20 Å². The van der Waals surface area contributed by atoms with E-state index in [0.29, 0.717) is 5.56 Å². The lowest BCUT2D eigenvalue weighted by atomic mass is 10.1. The van der Waals surface area contributed by atoms with Crippen LogP contribution in [0.3, 0.4) is 0 Å². The summed E-state index contributed by atoms with van der Waals surface area (Å²) in [6.07, 6.45) is 1.42. The molecule has 2 rings (SSSR count). The average Bonchev–Trinajstić information content (AvgIpc) is 2.45. The van der Waals surface area contributed by atoms with Gasteiger partial charge in [0.2, 0.25) is 5.91 Å². The van der Waals surface area contributed by atoms with Gasteiger partial charge in [-0.25, -0.2) is 0 Å². The highest BCUT2D eigenvalue weighted by atomic mass is 16.2. The molecule has 0 spiro atoms. The summed E-state index contributed by atoms with van der Waals surface area (Å²) in [5.74, 6) is -1.35. The summed E-state index contributed by atoms with van der Waals surface area (Å²) in [6.45, 7) is 0. The van der Waals surface area contributed by atoms with Gasteiger partial charge in [-0.05, 0) is 17.7 Å². The van der Waals surface area contributed by atoms with E-state index in [1.165, 1.54) is 18.3 Å². The maximum absolute atomic E-state index is 12.0. The summed E-state index contributed by atoms with van der Waals surface area (Å²) in [7, 11) is 0. The molecule has 0 fully saturated rings. The van der Waals surface area contributed by atoms with Crippen molar-refractivity contribution >= 4 is 11.8 Å². The molecule has 2 aromatic rings. The molecule has 1 aromatic carbocycles. The van der Waals surface area contributed by atoms with Gasteiger partial charge in [-0.3, -0.25) is 14.4 Å². The number of pyridine rings is 1. The van der Waals surface area contributed by atoms with Crippen LogP contribution in [-0.2, 0) is 4.79 Å². The fraction of sp³-hybridized carbons (Fsp3) is 0.0714. The van der Waals surface area contributed by atoms with Crippen LogP contribution in [0.1, 0.15) is 22.0 Å². The van der Waals surface area contributed by atoms with Crippen LogP contribution >= 0.6 is 0 Å². The minimum atomic E-state index is -0.983. The Morgan fingerprint density at radius 3 is 2.40 bits per heavy atom. The number of hydrogen-bond acceptors (Lipinski definition) is 3. The number of amides is 2. The number of carbonyl (C=O) groups excluding carboxylic acids is 2. The van der Waals surface area contributed by atoms with Gasteiger partial charge in [-0.2, -0.15) is 0 Å². The van der Waals surface area contributed by atoms with E-state index >= 15 is 0 Å². The average molecular weight is 271 g/mol. The molecule has 0 radical (unpaired) electrons. The van der Waals surface area contributed by atoms with Gasteiger partial charge in [0.15, 0.2) is 0 Å². The van der Waals surface area contributed by atoms with Crippen molar-refractivity contribution in [3.05, 3.63) is 70.1 Å². The summed E-state index contributed by atoms with van der Waals surface area (Å²) in [4.78, 5) is 37.4. The largest absolute Gasteiger partial charge is 0.368 e. The summed E-state index contributed by atoms with van der Waals surface area (Å²) in [5.41, 5.74) is 5.25. The van der Waals surface area contributed by atoms with Gasteiger partial charge in [-0.15, -0.1) is 0 Å². The number of hydrogen-bond donors (Lipinski definition) is 3. The minimum Gasteiger partial charge on any atom is -0.368 e. The standard InChI is InChI=1S/C14H13N3O3/c15-12(18)11(9-5-2-1-3-6-9)17-14(20)10-7-4-8-16-13(10)19/h1-8,11H,(H2,15,18)(H,16,19)(H,17,20). The van der Waals surface area contributed by atoms with Crippen molar-refractivity contribution in [3.8, 4) is 0 Å². The van der Waals surface area contributed by atoms with Crippen molar-refractivity contribution < 1.29 is 9.59 Å². The maximum atomic E-state index is 12.0. The molecule has 0 aliphatic carbocycles. The number of aromatic amines is 1. The fourth-order valence-corrected chi connectivity index (χ4v) is 1.77. The van der Waals surface area contributed by atoms with Crippen LogP contribution in [0.2, 0.25) is 0 Å². The lowest BCUT2D eigenvalue weighted by molar-refractivity contribution is -0.120. The van der Waals surface area contributed by atoms with Gasteiger partial charge in [0.1, 0.15) is 11.6 Å². The third kappa shape index (κ3) is 2.92. The van der Waals surface area contributed by atoms with Crippen molar-refractivity contribution in [2.75, 3.05) is 0 Å². The van der Waals surface area contributed by atoms with Crippen molar-refractivity contribution in [2.24, 2.45) is 5.73 Å². The number of benzene rings is 1. The van der Waals surface area contributed by atoms with Crippen LogP contribution in [-0.4, -0.2) is 16.8 Å². The van der Waals surface area contributed by atoms with Gasteiger partial charge >= 0.3 is 0 Å². The minimum absolute atomic E-state index is 0.0744. The molecule has 6 nitrogen and oxygen atoms in total. The van der Waals surface area contributed by atoms with E-state index in [0.717, 1.165) is 0 Å². The zero-order chi connectivity index (χ0) is 14.5. The van der Waals surface area contributed by atoms with Gasteiger partial charge in [0.25, 0.3) is 11.5 Å². The number of nitrogens with one attached hydrogen (secondary N) is 2. The summed E-state index contributed by atoms with van der Waals surface area (Å²) in [5, 5.41) is 2.46. The van der Waals surface area contributed by atoms with E-state index in [-0.39, 0.29) is 5.56 Å². The third-order valence-corrected chi connectivity index (χ3v) is 2.76. The highest BCUT2D eigenvalue weighted by Gasteiger charge is 2.21. The molecule has 102 valence electrons. The highest BCUT2D eigenvalue weighted by molar-refractivity contribution is 5.97. The number of rotatable bonds is 4. The first-order chi connectivity index (χ1) is 9.59. The summed E-state index contributed by atoms with van der Waals surface area (Å²) >= 11 is 0. The van der Waals surface area contributed by atoms with E-state index in [2.05, 4.69) is 10.3 Å². The lowest BCUT2D eigenvalue weighted by Gasteiger charge is -2.15. The molecule has 1 unspecified atom stereocenters. The summed E-state index contributed by atoms with van der Waals surface area (Å²) in [6, 6.07) is 10.5. The molecular weight excluding hydrogens is 258 g/mol. The second kappa shape index (κ2) is 5.83. The van der Waals surface area contributed by atoms with E-state index in [4.69, 9.17) is 5.73 Å². The Kier molecular flexibility index (Phi) is 3.95. The van der Waals surface area contributed by atoms with Crippen LogP contribution < -0.4 is 16.6 Å². The molecule has 0 saturated carbocycles. The number of aromatic nitrogens is 1. The highest BCUT2D eigenvalue weighted by Crippen LogP contribution is 2.12. The molecule has 0 aliphatic heterocycles. The van der Waals surface area contributed by atoms with Crippen molar-refractivity contribution in [2.45, 2.75) is 6.04 Å². The molecule has 1 aromatic heterocycles. The molecular formula is C14H13N3O3. The Hall–Kier alpha value is -2.89. The molecule has 1 heterocycles. The molecule has 20 heavy (non-hydrogen) atoms. The molecule has 0 aliphatic rings. The van der Waals surface area contributed by atoms with Gasteiger partial charge in [0.05, 0.1) is 0 Å². The maximum Gasteiger partial charge on any atom is 0.260 e. The first-order valence-electron chi connectivity index (χ1n) is 5.92. The van der Waals surface area contributed by atoms with Crippen molar-refractivity contribution in [1.29, 1.82) is 0 Å². The molecule has 0 saturated heterocycles. The predicted molar refractivity (Wildman–Crippen MR) is 72.9 cm³/mol. The van der Waals surface area contributed by atoms with E-state index < -0.39 is 23.4 Å². The lowest BCUT2D eigenvalue weighted by Crippen LogP contribution is -2.39. The third-order valence-electron chi connectivity index (χ3n) is 2.76. The second-order valence-corrected chi connectivity index (χ2v) is 4.13. The predicted octanol–water partition coefficient (Wildman–Crippen LogP) is 0.331. The summed E-state index contributed by atoms with van der Waals surface area (Å²) < 4.78 is 0. The van der Waals surface area contributed by atoms with Crippen LogP contribution in [0.25, 0.3) is 0 Å². The zero-order valence-electron chi connectivity index (χ0n) is 10.5. The van der Waals surface area contributed by atoms with E-state index in [1.54, 1.807) is 30.3 Å². The van der Waals surface area contributed by atoms with Crippen molar-refractivity contribution in [1.82, 2.24) is 10.3 Å². The van der Waals surface area contributed by atoms with Gasteiger partial charge < -0.3 is 16.0 Å². The Labute approximate surface area is 114 Å². The second-order valence-electron chi connectivity index (χ2n) is 4.13. The molecule has 6 heteroatoms. The van der Waals surface area contributed by atoms with Crippen LogP contribution in [0, 0.1) is 0 Å². The number of carbonyl (C=O) groups is 2. The van der Waals surface area contributed by atoms with Gasteiger partial charge in [-0.1, -0.05) is 30.3 Å². The number of H-pyrrole nitrogens is 1. The monoisotopic (exact) mass is 271 g/mol. The Bertz CT molecular complexity index is 679. The number of nitrogens with two attached hydrogens (primary N) is 1. The van der Waals surface area contributed by atoms with E-state index in [1.807, 2.05) is 0 Å². The first-order valence-corrected chi connectivity index (χ1v) is 5.92. The van der Waals surface area contributed by atoms with E-state index in [9.17, 15) is 14.4 Å². The Balaban J connectivity index is 2.26. The molecule has 2 amide bonds. The normalized spacial score (nSPS) is 11.6. The SMILES string of the molecule is NC(=O)C(NC(=O)c1ccc[nH]c1=O)c1ccccc1. The quantitative estimate of drug-likeness (QED) is 0.746. The topological polar surface area (TPSA) is 105 Å². The zero-order valence-corrected chi connectivity index (χ0v) is 10.5. The number of primary amides is 1. The van der Waals surface area contributed by atoms with Crippen LogP contribution in [0.5, 0.6) is 0 Å². The molecule has 1 atom stereocenters. The smallest absolute Gasteiger partial charge is 0.260 e.